The van der Waals surface area contributed by atoms with Gasteiger partial charge in [-0.25, -0.2) is 14.6 Å². The van der Waals surface area contributed by atoms with E-state index in [0.29, 0.717) is 18.2 Å². The molecule has 0 saturated heterocycles. The Kier molecular flexibility index (Phi) is 9.79. The molecule has 0 spiro atoms. The van der Waals surface area contributed by atoms with Crippen molar-refractivity contribution in [3.63, 3.8) is 0 Å². The van der Waals surface area contributed by atoms with E-state index in [-0.39, 0.29) is 6.42 Å². The number of aromatic nitrogens is 2. The number of carbonyl (C=O) groups is 2. The van der Waals surface area contributed by atoms with Crippen LogP contribution in [0.1, 0.15) is 31.9 Å². The molecule has 3 aromatic rings. The Morgan fingerprint density at radius 3 is 2.56 bits per heavy atom. The van der Waals surface area contributed by atoms with Crippen molar-refractivity contribution in [2.24, 2.45) is 0 Å². The summed E-state index contributed by atoms with van der Waals surface area (Å²) in [6.07, 6.45) is 3.27. The number of methoxy groups -OCH3 is 1. The van der Waals surface area contributed by atoms with Crippen LogP contribution in [0.5, 0.6) is 11.5 Å². The minimum atomic E-state index is -1.16. The summed E-state index contributed by atoms with van der Waals surface area (Å²) in [4.78, 5) is 29.3. The maximum atomic E-state index is 12.4. The molecule has 3 rings (SSSR count). The number of hydrogen-bond acceptors (Lipinski definition) is 7. The first-order chi connectivity index (χ1) is 18.3. The monoisotopic (exact) mass is 555 g/mol. The van der Waals surface area contributed by atoms with Gasteiger partial charge >= 0.3 is 12.1 Å². The van der Waals surface area contributed by atoms with Crippen LogP contribution in [-0.2, 0) is 32.2 Å². The van der Waals surface area contributed by atoms with E-state index in [1.165, 1.54) is 7.11 Å². The number of amides is 1. The van der Waals surface area contributed by atoms with E-state index in [9.17, 15) is 9.59 Å². The summed E-state index contributed by atoms with van der Waals surface area (Å²) < 4.78 is 24.5. The van der Waals surface area contributed by atoms with E-state index >= 15 is 0 Å². The molecule has 1 N–H and O–H groups in total. The van der Waals surface area contributed by atoms with Crippen LogP contribution in [0.15, 0.2) is 42.7 Å². The molecular weight excluding hydrogens is 514 g/mol. The third-order valence-electron chi connectivity index (χ3n) is 5.88. The lowest BCUT2D eigenvalue weighted by molar-refractivity contribution is -0.143. The van der Waals surface area contributed by atoms with Crippen molar-refractivity contribution in [2.45, 2.75) is 78.2 Å². The summed E-state index contributed by atoms with van der Waals surface area (Å²) in [5.74, 6) is 0.707. The lowest BCUT2D eigenvalue weighted by atomic mass is 10.1. The second-order valence-corrected chi connectivity index (χ2v) is 17.4. The average Bonchev–Trinajstić information content (AvgIpc) is 3.15. The molecule has 0 radical (unpaired) electrons. The van der Waals surface area contributed by atoms with Crippen LogP contribution in [0, 0.1) is 6.92 Å². The van der Waals surface area contributed by atoms with Crippen LogP contribution < -0.4 is 10.1 Å². The molecule has 1 amide bonds. The second-order valence-electron chi connectivity index (χ2n) is 11.8. The van der Waals surface area contributed by atoms with Crippen molar-refractivity contribution in [1.29, 1.82) is 0 Å². The fourth-order valence-electron chi connectivity index (χ4n) is 3.99. The zero-order chi connectivity index (χ0) is 28.8. The first-order valence-corrected chi connectivity index (χ1v) is 16.8. The maximum Gasteiger partial charge on any atom is 0.408 e. The van der Waals surface area contributed by atoms with Gasteiger partial charge in [0.25, 0.3) is 0 Å². The molecule has 0 aliphatic carbocycles. The van der Waals surface area contributed by atoms with Gasteiger partial charge in [0.15, 0.2) is 0 Å². The maximum absolute atomic E-state index is 12.4. The van der Waals surface area contributed by atoms with E-state index < -0.39 is 31.8 Å². The fraction of sp³-hybridized carbons (Fsp3) is 0.483. The number of benzene rings is 1. The minimum absolute atomic E-state index is 0.207. The van der Waals surface area contributed by atoms with Crippen molar-refractivity contribution in [3.05, 3.63) is 53.9 Å². The number of hydrogen-bond donors (Lipinski definition) is 1. The Balaban J connectivity index is 1.76. The van der Waals surface area contributed by atoms with Gasteiger partial charge in [-0.1, -0.05) is 31.8 Å². The van der Waals surface area contributed by atoms with Gasteiger partial charge in [-0.3, -0.25) is 0 Å². The number of nitrogens with one attached hydrogen (secondary N) is 1. The van der Waals surface area contributed by atoms with Gasteiger partial charge in [-0.2, -0.15) is 0 Å². The molecule has 0 saturated carbocycles. The van der Waals surface area contributed by atoms with Crippen molar-refractivity contribution >= 4 is 31.2 Å². The predicted octanol–water partition coefficient (Wildman–Crippen LogP) is 6.06. The number of pyridine rings is 1. The molecular formula is C29H41N3O6Si. The van der Waals surface area contributed by atoms with Crippen LogP contribution in [0.25, 0.3) is 11.0 Å². The number of esters is 1. The lowest BCUT2D eigenvalue weighted by Gasteiger charge is -2.22. The average molecular weight is 556 g/mol. The quantitative estimate of drug-likeness (QED) is 0.174. The molecule has 1 aromatic carbocycles. The Bertz CT molecular complexity index is 1290. The molecule has 1 atom stereocenters. The number of alkyl carbamates (subject to hydrolysis) is 1. The third kappa shape index (κ3) is 9.11. The van der Waals surface area contributed by atoms with Crippen LogP contribution in [0.4, 0.5) is 4.79 Å². The first-order valence-electron chi connectivity index (χ1n) is 13.1. The molecule has 0 aliphatic rings. The number of fused-ring (bicyclic) bond motifs is 1. The Morgan fingerprint density at radius 2 is 1.90 bits per heavy atom. The lowest BCUT2D eigenvalue weighted by Crippen LogP contribution is -2.45. The highest BCUT2D eigenvalue weighted by molar-refractivity contribution is 6.76. The summed E-state index contributed by atoms with van der Waals surface area (Å²) in [6, 6.07) is 9.41. The van der Waals surface area contributed by atoms with Gasteiger partial charge in [-0.05, 0) is 63.1 Å². The van der Waals surface area contributed by atoms with Gasteiger partial charge in [0.2, 0.25) is 0 Å². The van der Waals surface area contributed by atoms with Crippen LogP contribution in [0.2, 0.25) is 25.7 Å². The number of ether oxygens (including phenoxy) is 4. The van der Waals surface area contributed by atoms with E-state index in [4.69, 9.17) is 18.9 Å². The van der Waals surface area contributed by atoms with E-state index in [1.54, 1.807) is 27.0 Å². The largest absolute Gasteiger partial charge is 0.467 e. The summed E-state index contributed by atoms with van der Waals surface area (Å²) in [5, 5.41) is 3.52. The zero-order valence-electron chi connectivity index (χ0n) is 24.3. The summed E-state index contributed by atoms with van der Waals surface area (Å²) in [5.41, 5.74) is 1.92. The highest BCUT2D eigenvalue weighted by atomic mass is 28.3. The van der Waals surface area contributed by atoms with Crippen molar-refractivity contribution in [3.8, 4) is 11.5 Å². The minimum Gasteiger partial charge on any atom is -0.467 e. The topological polar surface area (TPSA) is 101 Å². The predicted molar refractivity (Wildman–Crippen MR) is 154 cm³/mol. The number of rotatable bonds is 11. The van der Waals surface area contributed by atoms with Crippen LogP contribution in [-0.4, -0.2) is 55.0 Å². The molecule has 0 bridgehead atoms. The summed E-state index contributed by atoms with van der Waals surface area (Å²) in [6.45, 7) is 15.5. The normalized spacial score (nSPS) is 12.7. The summed E-state index contributed by atoms with van der Waals surface area (Å²) in [7, 11) is 0.124. The molecule has 10 heteroatoms. The highest BCUT2D eigenvalue weighted by Crippen LogP contribution is 2.33. The van der Waals surface area contributed by atoms with Gasteiger partial charge < -0.3 is 28.8 Å². The van der Waals surface area contributed by atoms with Crippen molar-refractivity contribution in [1.82, 2.24) is 14.9 Å². The van der Waals surface area contributed by atoms with Gasteiger partial charge in [-0.15, -0.1) is 0 Å². The van der Waals surface area contributed by atoms with Gasteiger partial charge in [0, 0.05) is 33.5 Å². The molecule has 39 heavy (non-hydrogen) atoms. The number of aryl methyl sites for hydroxylation is 1. The Labute approximate surface area is 231 Å². The Hall–Kier alpha value is -3.37. The molecule has 2 aromatic heterocycles. The zero-order valence-corrected chi connectivity index (χ0v) is 25.3. The molecule has 212 valence electrons. The fourth-order valence-corrected chi connectivity index (χ4v) is 4.75. The molecule has 0 aliphatic heterocycles. The summed E-state index contributed by atoms with van der Waals surface area (Å²) >= 11 is 0. The third-order valence-corrected chi connectivity index (χ3v) is 7.58. The SMILES string of the molecule is COC(=O)C(Cc1cccc(Oc2ccnc3c2c(C)cn3COCC[Si](C)(C)C)c1)NC(=O)OC(C)(C)C. The van der Waals surface area contributed by atoms with Crippen LogP contribution >= 0.6 is 0 Å². The van der Waals surface area contributed by atoms with Gasteiger partial charge in [0.1, 0.15) is 35.5 Å². The molecule has 9 nitrogen and oxygen atoms in total. The van der Waals surface area contributed by atoms with E-state index in [2.05, 4.69) is 29.9 Å². The van der Waals surface area contributed by atoms with Crippen molar-refractivity contribution in [2.75, 3.05) is 13.7 Å². The van der Waals surface area contributed by atoms with Crippen LogP contribution in [0.3, 0.4) is 0 Å². The molecule has 0 fully saturated rings. The van der Waals surface area contributed by atoms with E-state index in [0.717, 1.165) is 34.8 Å². The van der Waals surface area contributed by atoms with E-state index in [1.807, 2.05) is 48.0 Å². The Morgan fingerprint density at radius 1 is 1.15 bits per heavy atom. The number of nitrogens with zero attached hydrogens (tertiary/aromatic N) is 2. The standard InChI is InChI=1S/C29H41N3O6Si/c1-20-18-32(19-36-14-15-39(6,7)8)26-25(20)24(12-13-30-26)37-22-11-9-10-21(16-22)17-23(27(33)35-5)31-28(34)38-29(2,3)4/h9-13,16,18,23H,14-15,17,19H2,1-8H3,(H,31,34). The second kappa shape index (κ2) is 12.7. The molecule has 2 heterocycles. The number of carbonyl (C=O) groups excluding carboxylic acids is 2. The highest BCUT2D eigenvalue weighted by Gasteiger charge is 2.25. The molecule has 1 unspecified atom stereocenters. The van der Waals surface area contributed by atoms with Gasteiger partial charge in [0.05, 0.1) is 12.5 Å². The first kappa shape index (κ1) is 30.2. The smallest absolute Gasteiger partial charge is 0.408 e. The van der Waals surface area contributed by atoms with Crippen molar-refractivity contribution < 1.29 is 28.5 Å².